The van der Waals surface area contributed by atoms with E-state index in [0.717, 1.165) is 5.56 Å². The lowest BCUT2D eigenvalue weighted by Crippen LogP contribution is -2.43. The summed E-state index contributed by atoms with van der Waals surface area (Å²) >= 11 is 0. The Labute approximate surface area is 148 Å². The minimum Gasteiger partial charge on any atom is -0.455 e. The molecule has 1 saturated heterocycles. The summed E-state index contributed by atoms with van der Waals surface area (Å²) in [5.74, 6) is -1.45. The van der Waals surface area contributed by atoms with E-state index in [2.05, 4.69) is 5.32 Å². The first kappa shape index (κ1) is 19.0. The van der Waals surface area contributed by atoms with Gasteiger partial charge >= 0.3 is 5.97 Å². The lowest BCUT2D eigenvalue weighted by atomic mass is 10.1. The van der Waals surface area contributed by atoms with Gasteiger partial charge in [-0.2, -0.15) is 0 Å². The second-order valence-corrected chi connectivity index (χ2v) is 7.44. The number of likely N-dealkylation sites (tertiary alicyclic amines) is 1. The molecular weight excluding hydrogens is 320 g/mol. The number of hydrogen-bond donors (Lipinski definition) is 1. The molecule has 2 rings (SSSR count). The molecule has 1 aliphatic rings. The molecule has 1 aromatic rings. The summed E-state index contributed by atoms with van der Waals surface area (Å²) in [5, 5.41) is 2.73. The van der Waals surface area contributed by atoms with Crippen molar-refractivity contribution in [3.05, 3.63) is 35.9 Å². The number of carbonyl (C=O) groups is 3. The summed E-state index contributed by atoms with van der Waals surface area (Å²) in [6, 6.07) is 9.58. The van der Waals surface area contributed by atoms with Gasteiger partial charge in [-0.1, -0.05) is 30.3 Å². The molecule has 0 spiro atoms. The van der Waals surface area contributed by atoms with Crippen LogP contribution in [-0.4, -0.2) is 41.4 Å². The highest BCUT2D eigenvalue weighted by molar-refractivity contribution is 5.88. The molecule has 0 saturated carbocycles. The smallest absolute Gasteiger partial charge is 0.311 e. The third-order valence-electron chi connectivity index (χ3n) is 4.10. The largest absolute Gasteiger partial charge is 0.455 e. The van der Waals surface area contributed by atoms with E-state index in [0.29, 0.717) is 6.54 Å². The van der Waals surface area contributed by atoms with Gasteiger partial charge in [0.05, 0.1) is 12.0 Å². The summed E-state index contributed by atoms with van der Waals surface area (Å²) in [6.45, 7) is 7.49. The van der Waals surface area contributed by atoms with Gasteiger partial charge in [0, 0.05) is 18.5 Å². The first-order valence-corrected chi connectivity index (χ1v) is 8.49. The van der Waals surface area contributed by atoms with Crippen molar-refractivity contribution in [3.63, 3.8) is 0 Å². The summed E-state index contributed by atoms with van der Waals surface area (Å²) < 4.78 is 5.09. The Balaban J connectivity index is 1.89. The maximum atomic E-state index is 12.3. The van der Waals surface area contributed by atoms with Crippen molar-refractivity contribution in [1.82, 2.24) is 10.2 Å². The number of benzene rings is 1. The third-order valence-corrected chi connectivity index (χ3v) is 4.10. The highest BCUT2D eigenvalue weighted by Crippen LogP contribution is 2.28. The molecule has 136 valence electrons. The van der Waals surface area contributed by atoms with Crippen LogP contribution < -0.4 is 5.32 Å². The van der Waals surface area contributed by atoms with Crippen molar-refractivity contribution in [2.45, 2.75) is 45.7 Å². The van der Waals surface area contributed by atoms with Gasteiger partial charge in [-0.3, -0.25) is 14.4 Å². The highest BCUT2D eigenvalue weighted by atomic mass is 16.5. The van der Waals surface area contributed by atoms with Gasteiger partial charge in [-0.25, -0.2) is 0 Å². The van der Waals surface area contributed by atoms with Crippen LogP contribution in [-0.2, 0) is 19.1 Å². The molecule has 6 heteroatoms. The molecule has 2 amide bonds. The molecule has 1 N–H and O–H groups in total. The summed E-state index contributed by atoms with van der Waals surface area (Å²) in [5.41, 5.74) is 0.642. The van der Waals surface area contributed by atoms with Crippen LogP contribution in [0.4, 0.5) is 0 Å². The topological polar surface area (TPSA) is 75.7 Å². The molecule has 1 fully saturated rings. The van der Waals surface area contributed by atoms with E-state index in [1.54, 1.807) is 4.90 Å². The van der Waals surface area contributed by atoms with Crippen molar-refractivity contribution >= 4 is 17.8 Å². The Morgan fingerprint density at radius 2 is 1.92 bits per heavy atom. The zero-order valence-electron chi connectivity index (χ0n) is 15.2. The minimum atomic E-state index is -0.527. The quantitative estimate of drug-likeness (QED) is 0.828. The van der Waals surface area contributed by atoms with E-state index in [-0.39, 0.29) is 36.4 Å². The normalized spacial score (nSPS) is 18.8. The number of nitrogens with one attached hydrogen (secondary N) is 1. The van der Waals surface area contributed by atoms with Gasteiger partial charge in [-0.05, 0) is 33.3 Å². The number of hydrogen-bond acceptors (Lipinski definition) is 4. The Bertz CT molecular complexity index is 637. The zero-order chi connectivity index (χ0) is 18.6. The van der Waals surface area contributed by atoms with E-state index < -0.39 is 11.9 Å². The molecule has 1 aromatic carbocycles. The van der Waals surface area contributed by atoms with E-state index >= 15 is 0 Å². The summed E-state index contributed by atoms with van der Waals surface area (Å²) in [7, 11) is 0. The van der Waals surface area contributed by atoms with Crippen LogP contribution in [0.25, 0.3) is 0 Å². The van der Waals surface area contributed by atoms with Gasteiger partial charge in [0.15, 0.2) is 6.61 Å². The van der Waals surface area contributed by atoms with Crippen molar-refractivity contribution in [3.8, 4) is 0 Å². The SMILES string of the molecule is C[C@@H](c1ccccc1)N1C[C@H](C(=O)OCC(=O)NC(C)(C)C)CC1=O. The van der Waals surface area contributed by atoms with E-state index in [1.165, 1.54) is 0 Å². The van der Waals surface area contributed by atoms with Crippen LogP contribution in [0.3, 0.4) is 0 Å². The molecule has 6 nitrogen and oxygen atoms in total. The van der Waals surface area contributed by atoms with E-state index in [4.69, 9.17) is 4.74 Å². The lowest BCUT2D eigenvalue weighted by molar-refractivity contribution is -0.152. The minimum absolute atomic E-state index is 0.0718. The second-order valence-electron chi connectivity index (χ2n) is 7.44. The standard InChI is InChI=1S/C19H26N2O4/c1-13(14-8-6-5-7-9-14)21-11-15(10-17(21)23)18(24)25-12-16(22)20-19(2,3)4/h5-9,13,15H,10-12H2,1-4H3,(H,20,22)/t13-,15+/m0/s1. The molecule has 0 bridgehead atoms. The average molecular weight is 346 g/mol. The number of rotatable bonds is 5. The van der Waals surface area contributed by atoms with Gasteiger partial charge in [0.1, 0.15) is 0 Å². The first-order valence-electron chi connectivity index (χ1n) is 8.49. The Morgan fingerprint density at radius 3 is 2.52 bits per heavy atom. The highest BCUT2D eigenvalue weighted by Gasteiger charge is 2.38. The second kappa shape index (κ2) is 7.68. The first-order chi connectivity index (χ1) is 11.7. The molecular formula is C19H26N2O4. The molecule has 1 aliphatic heterocycles. The molecule has 0 aromatic heterocycles. The maximum absolute atomic E-state index is 12.3. The molecule has 0 radical (unpaired) electrons. The Hall–Kier alpha value is -2.37. The number of carbonyl (C=O) groups excluding carboxylic acids is 3. The number of nitrogens with zero attached hydrogens (tertiary/aromatic N) is 1. The third kappa shape index (κ3) is 5.31. The zero-order valence-corrected chi connectivity index (χ0v) is 15.2. The molecule has 0 unspecified atom stereocenters. The van der Waals surface area contributed by atoms with Crippen LogP contribution in [0.1, 0.15) is 45.7 Å². The van der Waals surface area contributed by atoms with Crippen LogP contribution in [0.2, 0.25) is 0 Å². The van der Waals surface area contributed by atoms with Crippen molar-refractivity contribution < 1.29 is 19.1 Å². The fourth-order valence-corrected chi connectivity index (χ4v) is 2.88. The fraction of sp³-hybridized carbons (Fsp3) is 0.526. The monoisotopic (exact) mass is 346 g/mol. The van der Waals surface area contributed by atoms with Crippen LogP contribution in [0, 0.1) is 5.92 Å². The van der Waals surface area contributed by atoms with E-state index in [1.807, 2.05) is 58.0 Å². The van der Waals surface area contributed by atoms with Gasteiger partial charge in [-0.15, -0.1) is 0 Å². The average Bonchev–Trinajstić information content (AvgIpc) is 2.93. The number of esters is 1. The van der Waals surface area contributed by atoms with Gasteiger partial charge in [0.2, 0.25) is 5.91 Å². The fourth-order valence-electron chi connectivity index (χ4n) is 2.88. The van der Waals surface area contributed by atoms with Gasteiger partial charge < -0.3 is 15.0 Å². The maximum Gasteiger partial charge on any atom is 0.311 e. The molecule has 2 atom stereocenters. The van der Waals surface area contributed by atoms with Crippen molar-refractivity contribution in [1.29, 1.82) is 0 Å². The molecule has 25 heavy (non-hydrogen) atoms. The van der Waals surface area contributed by atoms with Crippen LogP contribution >= 0.6 is 0 Å². The number of ether oxygens (including phenoxy) is 1. The van der Waals surface area contributed by atoms with Crippen LogP contribution in [0.5, 0.6) is 0 Å². The van der Waals surface area contributed by atoms with Gasteiger partial charge in [0.25, 0.3) is 5.91 Å². The predicted octanol–water partition coefficient (Wildman–Crippen LogP) is 2.05. The summed E-state index contributed by atoms with van der Waals surface area (Å²) in [4.78, 5) is 37.9. The van der Waals surface area contributed by atoms with Crippen molar-refractivity contribution in [2.24, 2.45) is 5.92 Å². The molecule has 0 aliphatic carbocycles. The predicted molar refractivity (Wildman–Crippen MR) is 93.5 cm³/mol. The van der Waals surface area contributed by atoms with Crippen molar-refractivity contribution in [2.75, 3.05) is 13.2 Å². The Morgan fingerprint density at radius 1 is 1.28 bits per heavy atom. The number of amides is 2. The van der Waals surface area contributed by atoms with E-state index in [9.17, 15) is 14.4 Å². The summed E-state index contributed by atoms with van der Waals surface area (Å²) in [6.07, 6.45) is 0.122. The Kier molecular flexibility index (Phi) is 5.82. The lowest BCUT2D eigenvalue weighted by Gasteiger charge is -2.25. The van der Waals surface area contributed by atoms with Crippen LogP contribution in [0.15, 0.2) is 30.3 Å². The molecule has 1 heterocycles.